The number of aryl methyl sites for hydroxylation is 1. The third-order valence-electron chi connectivity index (χ3n) is 5.09. The van der Waals surface area contributed by atoms with E-state index in [2.05, 4.69) is 18.8 Å². The van der Waals surface area contributed by atoms with E-state index in [9.17, 15) is 9.59 Å². The summed E-state index contributed by atoms with van der Waals surface area (Å²) in [6, 6.07) is 0. The van der Waals surface area contributed by atoms with Gasteiger partial charge in [-0.05, 0) is 48.3 Å². The first kappa shape index (κ1) is 15.5. The summed E-state index contributed by atoms with van der Waals surface area (Å²) in [6.07, 6.45) is 7.09. The van der Waals surface area contributed by atoms with Gasteiger partial charge in [0.25, 0.3) is 5.91 Å². The highest BCUT2D eigenvalue weighted by atomic mass is 32.1. The fraction of sp³-hybridized carbons (Fsp3) is 0.421. The summed E-state index contributed by atoms with van der Waals surface area (Å²) in [5, 5.41) is 0. The molecule has 2 aliphatic rings. The zero-order chi connectivity index (χ0) is 17.1. The molecule has 24 heavy (non-hydrogen) atoms. The maximum atomic E-state index is 13.1. The molecule has 2 aromatic rings. The van der Waals surface area contributed by atoms with Crippen LogP contribution in [0.4, 0.5) is 5.69 Å². The summed E-state index contributed by atoms with van der Waals surface area (Å²) < 4.78 is 0. The largest absolute Gasteiger partial charge is 0.305 e. The lowest BCUT2D eigenvalue weighted by Gasteiger charge is -2.29. The number of amides is 1. The van der Waals surface area contributed by atoms with Crippen molar-refractivity contribution < 1.29 is 9.59 Å². The van der Waals surface area contributed by atoms with Crippen molar-refractivity contribution in [3.8, 4) is 0 Å². The zero-order valence-electron chi connectivity index (χ0n) is 14.2. The normalized spacial score (nSPS) is 18.5. The molecule has 3 heterocycles. The number of fused-ring (bicyclic) bond motifs is 3. The molecule has 2 aromatic heterocycles. The van der Waals surface area contributed by atoms with Gasteiger partial charge in [0.1, 0.15) is 0 Å². The molecule has 0 radical (unpaired) electrons. The van der Waals surface area contributed by atoms with Crippen LogP contribution in [-0.4, -0.2) is 23.7 Å². The summed E-state index contributed by atoms with van der Waals surface area (Å²) in [7, 11) is 0. The number of aldehydes is 1. The van der Waals surface area contributed by atoms with Crippen LogP contribution in [0.2, 0.25) is 0 Å². The van der Waals surface area contributed by atoms with E-state index in [1.165, 1.54) is 16.0 Å². The average molecular weight is 340 g/mol. The lowest BCUT2D eigenvalue weighted by molar-refractivity contribution is 0.0984. The first-order valence-electron chi connectivity index (χ1n) is 8.26. The molecule has 4 rings (SSSR count). The molecule has 0 bridgehead atoms. The molecule has 124 valence electrons. The van der Waals surface area contributed by atoms with Gasteiger partial charge in [-0.3, -0.25) is 14.6 Å². The van der Waals surface area contributed by atoms with E-state index in [-0.39, 0.29) is 5.91 Å². The minimum atomic E-state index is 0.0176. The number of thiophene rings is 1. The highest BCUT2D eigenvalue weighted by Gasteiger charge is 2.38. The van der Waals surface area contributed by atoms with Crippen LogP contribution >= 0.6 is 11.3 Å². The number of carbonyl (C=O) groups excluding carboxylic acids is 2. The Morgan fingerprint density at radius 3 is 2.79 bits per heavy atom. The van der Waals surface area contributed by atoms with Crippen molar-refractivity contribution in [3.63, 3.8) is 0 Å². The number of carbonyl (C=O) groups is 2. The van der Waals surface area contributed by atoms with Crippen LogP contribution < -0.4 is 4.90 Å². The second-order valence-electron chi connectivity index (χ2n) is 7.54. The van der Waals surface area contributed by atoms with Crippen LogP contribution in [0.25, 0.3) is 0 Å². The minimum Gasteiger partial charge on any atom is -0.305 e. The molecule has 5 heteroatoms. The van der Waals surface area contributed by atoms with Gasteiger partial charge in [-0.15, -0.1) is 11.3 Å². The molecular weight excluding hydrogens is 320 g/mol. The zero-order valence-corrected chi connectivity index (χ0v) is 15.0. The van der Waals surface area contributed by atoms with Crippen LogP contribution in [0.3, 0.4) is 0 Å². The molecule has 0 fully saturated rings. The summed E-state index contributed by atoms with van der Waals surface area (Å²) >= 11 is 1.65. The van der Waals surface area contributed by atoms with Crippen LogP contribution in [-0.2, 0) is 19.3 Å². The van der Waals surface area contributed by atoms with Crippen molar-refractivity contribution in [2.75, 3.05) is 11.4 Å². The Hall–Kier alpha value is -2.01. The Labute approximate surface area is 145 Å². The molecule has 1 aliphatic heterocycles. The standard InChI is InChI=1S/C19H20N2O2S/c1-11-8-20-9-15(14(11)10-22)21-5-4-12-13-6-19(2,3)7-16(13)24-17(12)18(21)23/h8-10H,4-7H2,1-3H3. The maximum Gasteiger partial charge on any atom is 0.268 e. The molecular formula is C19H20N2O2S. The van der Waals surface area contributed by atoms with E-state index in [1.807, 2.05) is 6.92 Å². The first-order valence-corrected chi connectivity index (χ1v) is 9.08. The van der Waals surface area contributed by atoms with Crippen LogP contribution in [0.1, 0.15) is 55.4 Å². The quantitative estimate of drug-likeness (QED) is 0.785. The maximum absolute atomic E-state index is 13.1. The molecule has 1 amide bonds. The van der Waals surface area contributed by atoms with E-state index < -0.39 is 0 Å². The van der Waals surface area contributed by atoms with Gasteiger partial charge in [0.2, 0.25) is 0 Å². The molecule has 0 unspecified atom stereocenters. The fourth-order valence-electron chi connectivity index (χ4n) is 3.92. The van der Waals surface area contributed by atoms with Gasteiger partial charge >= 0.3 is 0 Å². The molecule has 0 aromatic carbocycles. The summed E-state index contributed by atoms with van der Waals surface area (Å²) in [4.78, 5) is 32.7. The second kappa shape index (κ2) is 5.24. The van der Waals surface area contributed by atoms with Crippen molar-refractivity contribution in [2.45, 2.75) is 40.0 Å². The highest BCUT2D eigenvalue weighted by Crippen LogP contribution is 2.45. The lowest BCUT2D eigenvalue weighted by atomic mass is 9.89. The lowest BCUT2D eigenvalue weighted by Crippen LogP contribution is -2.38. The highest BCUT2D eigenvalue weighted by molar-refractivity contribution is 7.14. The number of aromatic nitrogens is 1. The third-order valence-corrected chi connectivity index (χ3v) is 6.36. The fourth-order valence-corrected chi connectivity index (χ4v) is 5.49. The number of hydrogen-bond acceptors (Lipinski definition) is 4. The van der Waals surface area contributed by atoms with Crippen LogP contribution in [0, 0.1) is 12.3 Å². The molecule has 0 atom stereocenters. The Morgan fingerprint density at radius 2 is 2.04 bits per heavy atom. The molecule has 0 saturated carbocycles. The van der Waals surface area contributed by atoms with Gasteiger partial charge in [-0.25, -0.2) is 0 Å². The molecule has 1 aliphatic carbocycles. The predicted octanol–water partition coefficient (Wildman–Crippen LogP) is 3.59. The molecule has 0 N–H and O–H groups in total. The molecule has 0 saturated heterocycles. The SMILES string of the molecule is Cc1cncc(N2CCc3c(sc4c3CC(C)(C)C4)C2=O)c1C=O. The van der Waals surface area contributed by atoms with Gasteiger partial charge in [0, 0.05) is 23.2 Å². The van der Waals surface area contributed by atoms with Crippen molar-refractivity contribution in [1.29, 1.82) is 0 Å². The van der Waals surface area contributed by atoms with Crippen molar-refractivity contribution in [2.24, 2.45) is 5.41 Å². The first-order chi connectivity index (χ1) is 11.4. The van der Waals surface area contributed by atoms with E-state index in [1.54, 1.807) is 28.6 Å². The van der Waals surface area contributed by atoms with E-state index in [0.717, 1.165) is 36.0 Å². The predicted molar refractivity (Wildman–Crippen MR) is 95.3 cm³/mol. The number of anilines is 1. The number of pyridine rings is 1. The minimum absolute atomic E-state index is 0.0176. The van der Waals surface area contributed by atoms with Gasteiger partial charge in [0.05, 0.1) is 16.8 Å². The topological polar surface area (TPSA) is 50.3 Å². The number of rotatable bonds is 2. The summed E-state index contributed by atoms with van der Waals surface area (Å²) in [6.45, 7) is 7.04. The van der Waals surface area contributed by atoms with Crippen LogP contribution in [0.15, 0.2) is 12.4 Å². The van der Waals surface area contributed by atoms with Gasteiger partial charge < -0.3 is 4.90 Å². The monoisotopic (exact) mass is 340 g/mol. The van der Waals surface area contributed by atoms with Crippen molar-refractivity contribution in [1.82, 2.24) is 4.98 Å². The number of hydrogen-bond donors (Lipinski definition) is 0. The smallest absolute Gasteiger partial charge is 0.268 e. The van der Waals surface area contributed by atoms with Gasteiger partial charge in [-0.2, -0.15) is 0 Å². The van der Waals surface area contributed by atoms with Gasteiger partial charge in [-0.1, -0.05) is 13.8 Å². The average Bonchev–Trinajstić information content (AvgIpc) is 3.00. The Morgan fingerprint density at radius 1 is 1.25 bits per heavy atom. The molecule has 4 nitrogen and oxygen atoms in total. The van der Waals surface area contributed by atoms with Gasteiger partial charge in [0.15, 0.2) is 6.29 Å². The molecule has 0 spiro atoms. The van der Waals surface area contributed by atoms with E-state index >= 15 is 0 Å². The van der Waals surface area contributed by atoms with E-state index in [4.69, 9.17) is 0 Å². The Balaban J connectivity index is 1.75. The second-order valence-corrected chi connectivity index (χ2v) is 8.65. The Kier molecular flexibility index (Phi) is 3.39. The van der Waals surface area contributed by atoms with Crippen LogP contribution in [0.5, 0.6) is 0 Å². The third kappa shape index (κ3) is 2.22. The Bertz CT molecular complexity index is 866. The van der Waals surface area contributed by atoms with Crippen molar-refractivity contribution >= 4 is 29.2 Å². The number of nitrogens with zero attached hydrogens (tertiary/aromatic N) is 2. The summed E-state index contributed by atoms with van der Waals surface area (Å²) in [5.41, 5.74) is 4.96. The van der Waals surface area contributed by atoms with Crippen molar-refractivity contribution in [3.05, 3.63) is 44.4 Å². The summed E-state index contributed by atoms with van der Waals surface area (Å²) in [5.74, 6) is 0.0176. The van der Waals surface area contributed by atoms with E-state index in [0.29, 0.717) is 23.2 Å².